The van der Waals surface area contributed by atoms with E-state index in [-0.39, 0.29) is 0 Å². The Bertz CT molecular complexity index is 272. The van der Waals surface area contributed by atoms with Crippen molar-refractivity contribution in [2.24, 2.45) is 0 Å². The van der Waals surface area contributed by atoms with Crippen LogP contribution in [0, 0.1) is 0 Å². The van der Waals surface area contributed by atoms with E-state index < -0.39 is 0 Å². The lowest BCUT2D eigenvalue weighted by molar-refractivity contribution is 0.0577. The van der Waals surface area contributed by atoms with Crippen molar-refractivity contribution < 1.29 is 0 Å². The summed E-state index contributed by atoms with van der Waals surface area (Å²) in [5.74, 6) is 0. The Hall–Kier alpha value is -0.820. The van der Waals surface area contributed by atoms with E-state index in [0.717, 1.165) is 0 Å². The molecular formula is C12H17N. The van der Waals surface area contributed by atoms with E-state index in [9.17, 15) is 0 Å². The largest absolute Gasteiger partial charge is 0.300 e. The topological polar surface area (TPSA) is 3.24 Å². The quantitative estimate of drug-likeness (QED) is 0.668. The first kappa shape index (κ1) is 8.76. The van der Waals surface area contributed by atoms with Crippen LogP contribution in [0.4, 0.5) is 0 Å². The number of nitrogens with zero attached hydrogens (tertiary/aromatic N) is 1. The maximum Gasteiger partial charge on any atom is 0.0454 e. The van der Waals surface area contributed by atoms with Crippen molar-refractivity contribution in [3.63, 3.8) is 0 Å². The van der Waals surface area contributed by atoms with Gasteiger partial charge in [-0.05, 0) is 38.9 Å². The van der Waals surface area contributed by atoms with Crippen molar-refractivity contribution in [1.29, 1.82) is 0 Å². The molecule has 1 aliphatic rings. The number of benzene rings is 1. The molecule has 1 saturated carbocycles. The van der Waals surface area contributed by atoms with Gasteiger partial charge >= 0.3 is 0 Å². The molecule has 1 fully saturated rings. The van der Waals surface area contributed by atoms with Crippen LogP contribution in [0.2, 0.25) is 0 Å². The van der Waals surface area contributed by atoms with E-state index in [1.165, 1.54) is 24.8 Å². The maximum atomic E-state index is 2.37. The van der Waals surface area contributed by atoms with E-state index in [2.05, 4.69) is 49.3 Å². The van der Waals surface area contributed by atoms with Gasteiger partial charge in [-0.2, -0.15) is 0 Å². The highest BCUT2D eigenvalue weighted by Crippen LogP contribution is 2.44. The van der Waals surface area contributed by atoms with Gasteiger partial charge in [-0.3, -0.25) is 4.90 Å². The average Bonchev–Trinajstić information content (AvgIpc) is 2.03. The van der Waals surface area contributed by atoms with E-state index in [1.54, 1.807) is 0 Å². The normalized spacial score (nSPS) is 19.9. The monoisotopic (exact) mass is 175 g/mol. The maximum absolute atomic E-state index is 2.37. The van der Waals surface area contributed by atoms with Crippen molar-refractivity contribution in [2.45, 2.75) is 24.8 Å². The van der Waals surface area contributed by atoms with Crippen LogP contribution in [0.3, 0.4) is 0 Å². The van der Waals surface area contributed by atoms with Crippen molar-refractivity contribution in [2.75, 3.05) is 14.1 Å². The number of rotatable bonds is 2. The van der Waals surface area contributed by atoms with Gasteiger partial charge in [-0.25, -0.2) is 0 Å². The van der Waals surface area contributed by atoms with E-state index in [0.29, 0.717) is 5.54 Å². The fourth-order valence-corrected chi connectivity index (χ4v) is 2.25. The average molecular weight is 175 g/mol. The number of hydrogen-bond acceptors (Lipinski definition) is 1. The van der Waals surface area contributed by atoms with Gasteiger partial charge in [-0.15, -0.1) is 0 Å². The van der Waals surface area contributed by atoms with Gasteiger partial charge in [-0.1, -0.05) is 30.3 Å². The molecule has 70 valence electrons. The summed E-state index contributed by atoms with van der Waals surface area (Å²) in [5, 5.41) is 0. The zero-order chi connectivity index (χ0) is 9.31. The second-order valence-electron chi connectivity index (χ2n) is 4.15. The van der Waals surface area contributed by atoms with Gasteiger partial charge in [0.1, 0.15) is 0 Å². The predicted molar refractivity (Wildman–Crippen MR) is 55.7 cm³/mol. The Balaban J connectivity index is 2.32. The van der Waals surface area contributed by atoms with Crippen LogP contribution >= 0.6 is 0 Å². The minimum atomic E-state index is 0.348. The third kappa shape index (κ3) is 1.28. The molecule has 1 aliphatic carbocycles. The van der Waals surface area contributed by atoms with Crippen LogP contribution in [0.5, 0.6) is 0 Å². The van der Waals surface area contributed by atoms with E-state index >= 15 is 0 Å². The Morgan fingerprint density at radius 1 is 1.08 bits per heavy atom. The Morgan fingerprint density at radius 2 is 1.69 bits per heavy atom. The summed E-state index contributed by atoms with van der Waals surface area (Å²) in [6.45, 7) is 0. The summed E-state index contributed by atoms with van der Waals surface area (Å²) in [4.78, 5) is 2.37. The molecule has 1 nitrogen and oxygen atoms in total. The van der Waals surface area contributed by atoms with Gasteiger partial charge in [0, 0.05) is 5.54 Å². The molecule has 0 radical (unpaired) electrons. The molecule has 0 spiro atoms. The van der Waals surface area contributed by atoms with Crippen LogP contribution in [-0.4, -0.2) is 19.0 Å². The second kappa shape index (κ2) is 3.15. The van der Waals surface area contributed by atoms with Gasteiger partial charge in [0.25, 0.3) is 0 Å². The third-order valence-electron chi connectivity index (χ3n) is 3.35. The highest BCUT2D eigenvalue weighted by molar-refractivity contribution is 5.26. The Labute approximate surface area is 80.4 Å². The minimum Gasteiger partial charge on any atom is -0.300 e. The molecule has 0 bridgehead atoms. The molecule has 1 heteroatoms. The SMILES string of the molecule is CN(C)C1(c2ccccc2)CCC1. The second-order valence-corrected chi connectivity index (χ2v) is 4.15. The molecule has 0 N–H and O–H groups in total. The smallest absolute Gasteiger partial charge is 0.0454 e. The molecule has 0 heterocycles. The lowest BCUT2D eigenvalue weighted by Gasteiger charge is -2.47. The summed E-state index contributed by atoms with van der Waals surface area (Å²) in [5.41, 5.74) is 1.83. The fraction of sp³-hybridized carbons (Fsp3) is 0.500. The first-order valence-corrected chi connectivity index (χ1v) is 4.99. The van der Waals surface area contributed by atoms with E-state index in [4.69, 9.17) is 0 Å². The fourth-order valence-electron chi connectivity index (χ4n) is 2.25. The summed E-state index contributed by atoms with van der Waals surface area (Å²) in [7, 11) is 4.37. The molecule has 0 amide bonds. The highest BCUT2D eigenvalue weighted by atomic mass is 15.2. The zero-order valence-electron chi connectivity index (χ0n) is 8.46. The highest BCUT2D eigenvalue weighted by Gasteiger charge is 2.40. The Morgan fingerprint density at radius 3 is 2.08 bits per heavy atom. The zero-order valence-corrected chi connectivity index (χ0v) is 8.46. The van der Waals surface area contributed by atoms with Gasteiger partial charge in [0.2, 0.25) is 0 Å². The standard InChI is InChI=1S/C12H17N/c1-13(2)12(9-6-10-12)11-7-4-3-5-8-11/h3-5,7-8H,6,9-10H2,1-2H3. The van der Waals surface area contributed by atoms with Crippen molar-refractivity contribution in [1.82, 2.24) is 4.90 Å². The van der Waals surface area contributed by atoms with Crippen LogP contribution in [0.25, 0.3) is 0 Å². The van der Waals surface area contributed by atoms with Crippen molar-refractivity contribution in [3.8, 4) is 0 Å². The summed E-state index contributed by atoms with van der Waals surface area (Å²) in [6, 6.07) is 10.9. The minimum absolute atomic E-state index is 0.348. The van der Waals surface area contributed by atoms with Crippen LogP contribution in [-0.2, 0) is 5.54 Å². The molecular weight excluding hydrogens is 158 g/mol. The summed E-state index contributed by atoms with van der Waals surface area (Å²) < 4.78 is 0. The molecule has 0 unspecified atom stereocenters. The van der Waals surface area contributed by atoms with Crippen LogP contribution < -0.4 is 0 Å². The molecule has 13 heavy (non-hydrogen) atoms. The molecule has 2 rings (SSSR count). The molecule has 0 aromatic heterocycles. The first-order valence-electron chi connectivity index (χ1n) is 4.99. The lowest BCUT2D eigenvalue weighted by Crippen LogP contribution is -2.46. The summed E-state index contributed by atoms with van der Waals surface area (Å²) >= 11 is 0. The number of hydrogen-bond donors (Lipinski definition) is 0. The molecule has 1 aromatic carbocycles. The lowest BCUT2D eigenvalue weighted by atomic mass is 9.71. The van der Waals surface area contributed by atoms with Gasteiger partial charge in [0.05, 0.1) is 0 Å². The first-order chi connectivity index (χ1) is 6.26. The van der Waals surface area contributed by atoms with Gasteiger partial charge < -0.3 is 0 Å². The van der Waals surface area contributed by atoms with Crippen molar-refractivity contribution >= 4 is 0 Å². The Kier molecular flexibility index (Phi) is 2.12. The predicted octanol–water partition coefficient (Wildman–Crippen LogP) is 2.63. The molecule has 0 aliphatic heterocycles. The van der Waals surface area contributed by atoms with Crippen LogP contribution in [0.1, 0.15) is 24.8 Å². The van der Waals surface area contributed by atoms with Crippen LogP contribution in [0.15, 0.2) is 30.3 Å². The van der Waals surface area contributed by atoms with E-state index in [1.807, 2.05) is 0 Å². The molecule has 0 atom stereocenters. The molecule has 0 saturated heterocycles. The third-order valence-corrected chi connectivity index (χ3v) is 3.35. The van der Waals surface area contributed by atoms with Gasteiger partial charge in [0.15, 0.2) is 0 Å². The summed E-state index contributed by atoms with van der Waals surface area (Å²) in [6.07, 6.45) is 3.99. The molecule has 1 aromatic rings. The van der Waals surface area contributed by atoms with Crippen molar-refractivity contribution in [3.05, 3.63) is 35.9 Å².